The summed E-state index contributed by atoms with van der Waals surface area (Å²) in [6, 6.07) is 0. The van der Waals surface area contributed by atoms with E-state index in [1.807, 2.05) is 0 Å². The zero-order valence-electron chi connectivity index (χ0n) is 11.5. The minimum absolute atomic E-state index is 0.150. The molecule has 0 aromatic carbocycles. The molecule has 2 heteroatoms. The van der Waals surface area contributed by atoms with Crippen LogP contribution in [0.4, 0.5) is 0 Å². The Hall–Kier alpha value is -0.370. The second kappa shape index (κ2) is 7.86. The van der Waals surface area contributed by atoms with Gasteiger partial charge in [0.05, 0.1) is 0 Å². The Bertz CT molecular complexity index is 217. The van der Waals surface area contributed by atoms with Crippen molar-refractivity contribution in [3.05, 3.63) is 0 Å². The van der Waals surface area contributed by atoms with Crippen LogP contribution in [0, 0.1) is 5.41 Å². The first kappa shape index (κ1) is 14.7. The number of carbonyl (C=O) groups excluding carboxylic acids is 1. The van der Waals surface area contributed by atoms with Crippen molar-refractivity contribution in [3.63, 3.8) is 0 Å². The van der Waals surface area contributed by atoms with Crippen LogP contribution in [0.5, 0.6) is 0 Å². The van der Waals surface area contributed by atoms with Gasteiger partial charge in [0, 0.05) is 18.4 Å². The predicted octanol–water partition coefficient (Wildman–Crippen LogP) is 3.83. The molecule has 2 N–H and O–H groups in total. The van der Waals surface area contributed by atoms with Crippen molar-refractivity contribution in [1.29, 1.82) is 0 Å². The minimum atomic E-state index is -0.150. The predicted molar refractivity (Wildman–Crippen MR) is 73.0 cm³/mol. The van der Waals surface area contributed by atoms with E-state index < -0.39 is 0 Å². The minimum Gasteiger partial charge on any atom is -0.329 e. The van der Waals surface area contributed by atoms with E-state index in [4.69, 9.17) is 5.73 Å². The molecule has 0 bridgehead atoms. The van der Waals surface area contributed by atoms with Crippen molar-refractivity contribution >= 4 is 5.78 Å². The second-order valence-electron chi connectivity index (χ2n) is 5.63. The van der Waals surface area contributed by atoms with Crippen LogP contribution in [-0.4, -0.2) is 12.3 Å². The highest BCUT2D eigenvalue weighted by Gasteiger charge is 2.35. The van der Waals surface area contributed by atoms with Gasteiger partial charge in [-0.05, 0) is 19.3 Å². The number of Topliss-reactive ketones (excluding diaryl/α,β-unsaturated/α-hetero) is 1. The molecule has 0 heterocycles. The van der Waals surface area contributed by atoms with Gasteiger partial charge in [0.2, 0.25) is 0 Å². The number of hydrogen-bond acceptors (Lipinski definition) is 2. The van der Waals surface area contributed by atoms with Crippen molar-refractivity contribution in [1.82, 2.24) is 0 Å². The van der Waals surface area contributed by atoms with E-state index in [1.165, 1.54) is 44.9 Å². The molecule has 0 radical (unpaired) electrons. The molecule has 1 fully saturated rings. The molecule has 17 heavy (non-hydrogen) atoms. The number of unbranched alkanes of at least 4 members (excludes halogenated alkanes) is 3. The summed E-state index contributed by atoms with van der Waals surface area (Å²) in [5, 5.41) is 0. The van der Waals surface area contributed by atoms with E-state index >= 15 is 0 Å². The van der Waals surface area contributed by atoms with Crippen molar-refractivity contribution in [2.24, 2.45) is 11.1 Å². The highest BCUT2D eigenvalue weighted by Crippen LogP contribution is 2.36. The van der Waals surface area contributed by atoms with Gasteiger partial charge in [-0.3, -0.25) is 4.79 Å². The lowest BCUT2D eigenvalue weighted by molar-refractivity contribution is -0.129. The molecule has 1 saturated carbocycles. The van der Waals surface area contributed by atoms with Crippen LogP contribution in [0.15, 0.2) is 0 Å². The normalized spacial score (nSPS) is 19.9. The Morgan fingerprint density at radius 2 is 1.71 bits per heavy atom. The third-order valence-electron chi connectivity index (χ3n) is 4.30. The number of rotatable bonds is 7. The number of hydrogen-bond donors (Lipinski definition) is 1. The van der Waals surface area contributed by atoms with Gasteiger partial charge in [0.1, 0.15) is 5.78 Å². The zero-order valence-corrected chi connectivity index (χ0v) is 11.5. The van der Waals surface area contributed by atoms with Gasteiger partial charge in [-0.2, -0.15) is 0 Å². The van der Waals surface area contributed by atoms with Crippen LogP contribution in [0.25, 0.3) is 0 Å². The highest BCUT2D eigenvalue weighted by molar-refractivity contribution is 5.85. The Kier molecular flexibility index (Phi) is 6.79. The SMILES string of the molecule is CCCCCCC(=O)C1(CN)CCCCCC1. The fourth-order valence-electron chi connectivity index (χ4n) is 2.98. The Labute approximate surface area is 106 Å². The summed E-state index contributed by atoms with van der Waals surface area (Å²) in [4.78, 5) is 12.4. The Morgan fingerprint density at radius 1 is 1.06 bits per heavy atom. The fraction of sp³-hybridized carbons (Fsp3) is 0.933. The first-order valence-corrected chi connectivity index (χ1v) is 7.48. The molecule has 0 atom stereocenters. The molecule has 0 amide bonds. The standard InChI is InChI=1S/C15H29NO/c1-2-3-4-7-10-14(17)15(13-16)11-8-5-6-9-12-15/h2-13,16H2,1H3. The third kappa shape index (κ3) is 4.42. The topological polar surface area (TPSA) is 43.1 Å². The van der Waals surface area contributed by atoms with Crippen LogP contribution < -0.4 is 5.73 Å². The van der Waals surface area contributed by atoms with E-state index in [0.717, 1.165) is 25.7 Å². The average molecular weight is 239 g/mol. The maximum atomic E-state index is 12.4. The van der Waals surface area contributed by atoms with E-state index in [-0.39, 0.29) is 5.41 Å². The van der Waals surface area contributed by atoms with Crippen molar-refractivity contribution in [2.45, 2.75) is 77.6 Å². The van der Waals surface area contributed by atoms with Crippen LogP contribution in [0.3, 0.4) is 0 Å². The Morgan fingerprint density at radius 3 is 2.24 bits per heavy atom. The summed E-state index contributed by atoms with van der Waals surface area (Å²) in [7, 11) is 0. The summed E-state index contributed by atoms with van der Waals surface area (Å²) in [6.07, 6.45) is 12.5. The van der Waals surface area contributed by atoms with Crippen LogP contribution in [0.2, 0.25) is 0 Å². The molecule has 0 aliphatic heterocycles. The summed E-state index contributed by atoms with van der Waals surface area (Å²) in [5.74, 6) is 0.456. The van der Waals surface area contributed by atoms with Gasteiger partial charge in [-0.15, -0.1) is 0 Å². The molecule has 1 rings (SSSR count). The molecule has 0 aromatic heterocycles. The van der Waals surface area contributed by atoms with E-state index in [0.29, 0.717) is 12.3 Å². The lowest BCUT2D eigenvalue weighted by atomic mass is 9.75. The number of ketones is 1. The van der Waals surface area contributed by atoms with Gasteiger partial charge in [-0.25, -0.2) is 0 Å². The first-order valence-electron chi connectivity index (χ1n) is 7.48. The zero-order chi connectivity index (χ0) is 12.6. The maximum Gasteiger partial charge on any atom is 0.140 e. The van der Waals surface area contributed by atoms with E-state index in [2.05, 4.69) is 6.92 Å². The van der Waals surface area contributed by atoms with E-state index in [9.17, 15) is 4.79 Å². The maximum absolute atomic E-state index is 12.4. The summed E-state index contributed by atoms with van der Waals surface area (Å²) in [6.45, 7) is 2.77. The van der Waals surface area contributed by atoms with Crippen molar-refractivity contribution in [3.8, 4) is 0 Å². The average Bonchev–Trinajstić information content (AvgIpc) is 2.60. The first-order chi connectivity index (χ1) is 8.25. The highest BCUT2D eigenvalue weighted by atomic mass is 16.1. The molecule has 1 aliphatic rings. The van der Waals surface area contributed by atoms with Gasteiger partial charge in [0.15, 0.2) is 0 Å². The van der Waals surface area contributed by atoms with Gasteiger partial charge < -0.3 is 5.73 Å². The summed E-state index contributed by atoms with van der Waals surface area (Å²) >= 11 is 0. The quantitative estimate of drug-likeness (QED) is 0.542. The summed E-state index contributed by atoms with van der Waals surface area (Å²) in [5.41, 5.74) is 5.77. The van der Waals surface area contributed by atoms with E-state index in [1.54, 1.807) is 0 Å². The lowest BCUT2D eigenvalue weighted by Gasteiger charge is -2.29. The monoisotopic (exact) mass is 239 g/mol. The number of nitrogens with two attached hydrogens (primary N) is 1. The van der Waals surface area contributed by atoms with Crippen LogP contribution in [-0.2, 0) is 4.79 Å². The largest absolute Gasteiger partial charge is 0.329 e. The second-order valence-corrected chi connectivity index (χ2v) is 5.63. The number of carbonyl (C=O) groups is 1. The molecular formula is C15H29NO. The van der Waals surface area contributed by atoms with Gasteiger partial charge >= 0.3 is 0 Å². The van der Waals surface area contributed by atoms with Crippen LogP contribution >= 0.6 is 0 Å². The lowest BCUT2D eigenvalue weighted by Crippen LogP contribution is -2.38. The third-order valence-corrected chi connectivity index (χ3v) is 4.30. The van der Waals surface area contributed by atoms with Gasteiger partial charge in [-0.1, -0.05) is 51.9 Å². The smallest absolute Gasteiger partial charge is 0.140 e. The molecule has 0 saturated heterocycles. The van der Waals surface area contributed by atoms with Crippen molar-refractivity contribution < 1.29 is 4.79 Å². The molecule has 1 aliphatic carbocycles. The van der Waals surface area contributed by atoms with Crippen LogP contribution in [0.1, 0.15) is 77.6 Å². The molecular weight excluding hydrogens is 210 g/mol. The van der Waals surface area contributed by atoms with Gasteiger partial charge in [0.25, 0.3) is 0 Å². The molecule has 100 valence electrons. The Balaban J connectivity index is 2.43. The molecule has 0 unspecified atom stereocenters. The molecule has 2 nitrogen and oxygen atoms in total. The fourth-order valence-corrected chi connectivity index (χ4v) is 2.98. The summed E-state index contributed by atoms with van der Waals surface area (Å²) < 4.78 is 0. The molecule has 0 spiro atoms. The molecule has 0 aromatic rings. The van der Waals surface area contributed by atoms with Crippen molar-refractivity contribution in [2.75, 3.05) is 6.54 Å².